The lowest BCUT2D eigenvalue weighted by Crippen LogP contribution is -2.36. The number of non-ortho nitro benzene ring substituents is 1. The van der Waals surface area contributed by atoms with Gasteiger partial charge in [-0.05, 0) is 49.6 Å². The summed E-state index contributed by atoms with van der Waals surface area (Å²) >= 11 is 0. The van der Waals surface area contributed by atoms with Gasteiger partial charge in [-0.15, -0.1) is 0 Å². The molecule has 3 rings (SSSR count). The first-order chi connectivity index (χ1) is 14.9. The minimum Gasteiger partial charge on any atom is -0.490 e. The van der Waals surface area contributed by atoms with E-state index in [1.807, 2.05) is 0 Å². The van der Waals surface area contributed by atoms with E-state index in [0.717, 1.165) is 12.8 Å². The van der Waals surface area contributed by atoms with Gasteiger partial charge in [-0.1, -0.05) is 6.07 Å². The van der Waals surface area contributed by atoms with Crippen LogP contribution in [0, 0.1) is 10.1 Å². The number of amides is 1. The third kappa shape index (κ3) is 6.27. The van der Waals surface area contributed by atoms with Crippen LogP contribution < -0.4 is 14.2 Å². The summed E-state index contributed by atoms with van der Waals surface area (Å²) in [5.41, 5.74) is 0.642. The minimum atomic E-state index is -2.97. The number of hydrogen-bond donors (Lipinski definition) is 0. The minimum absolute atomic E-state index is 0.0635. The Bertz CT molecular complexity index is 919. The highest BCUT2D eigenvalue weighted by Crippen LogP contribution is 2.33. The Morgan fingerprint density at radius 1 is 1.16 bits per heavy atom. The summed E-state index contributed by atoms with van der Waals surface area (Å²) in [5.74, 6) is 0.227. The molecule has 0 unspecified atom stereocenters. The van der Waals surface area contributed by atoms with Crippen LogP contribution in [0.4, 0.5) is 14.5 Å². The molecular formula is C21H22F2N2O6. The van der Waals surface area contributed by atoms with Crippen LogP contribution in [-0.2, 0) is 11.3 Å². The maximum atomic E-state index is 12.7. The first-order valence-electron chi connectivity index (χ1n) is 9.74. The van der Waals surface area contributed by atoms with Crippen LogP contribution in [0.3, 0.4) is 0 Å². The molecule has 166 valence electrons. The van der Waals surface area contributed by atoms with Crippen LogP contribution >= 0.6 is 0 Å². The molecule has 1 aliphatic rings. The van der Waals surface area contributed by atoms with E-state index in [9.17, 15) is 23.7 Å². The standard InChI is InChI=1S/C21H22F2N2O6/c1-2-29-19-11-14(3-10-18(19)31-21(22)23)12-24(15-4-5-15)20(26)13-30-17-8-6-16(7-9-17)25(27)28/h3,6-11,15,21H,2,4-5,12-13H2,1H3. The zero-order chi connectivity index (χ0) is 22.4. The van der Waals surface area contributed by atoms with Crippen molar-refractivity contribution >= 4 is 11.6 Å². The quantitative estimate of drug-likeness (QED) is 0.388. The third-order valence-electron chi connectivity index (χ3n) is 4.59. The zero-order valence-corrected chi connectivity index (χ0v) is 16.8. The molecule has 0 N–H and O–H groups in total. The summed E-state index contributed by atoms with van der Waals surface area (Å²) in [4.78, 5) is 24.6. The summed E-state index contributed by atoms with van der Waals surface area (Å²) in [6.45, 7) is -0.918. The van der Waals surface area contributed by atoms with Gasteiger partial charge >= 0.3 is 6.61 Å². The van der Waals surface area contributed by atoms with Crippen LogP contribution in [0.15, 0.2) is 42.5 Å². The molecule has 0 radical (unpaired) electrons. The second-order valence-electron chi connectivity index (χ2n) is 6.89. The van der Waals surface area contributed by atoms with E-state index in [4.69, 9.17) is 9.47 Å². The summed E-state index contributed by atoms with van der Waals surface area (Å²) in [6, 6.07) is 10.1. The number of carbonyl (C=O) groups is 1. The summed E-state index contributed by atoms with van der Waals surface area (Å²) in [5, 5.41) is 10.7. The molecule has 2 aromatic rings. The SMILES string of the molecule is CCOc1cc(CN(C(=O)COc2ccc([N+](=O)[O-])cc2)C2CC2)ccc1OC(F)F. The van der Waals surface area contributed by atoms with Crippen LogP contribution in [0.2, 0.25) is 0 Å². The fourth-order valence-electron chi connectivity index (χ4n) is 3.01. The normalized spacial score (nSPS) is 13.0. The Balaban J connectivity index is 1.65. The molecule has 31 heavy (non-hydrogen) atoms. The summed E-state index contributed by atoms with van der Waals surface area (Å²) in [7, 11) is 0. The molecule has 1 fully saturated rings. The molecule has 1 aliphatic carbocycles. The van der Waals surface area contributed by atoms with Gasteiger partial charge < -0.3 is 19.1 Å². The lowest BCUT2D eigenvalue weighted by atomic mass is 10.2. The maximum absolute atomic E-state index is 12.7. The van der Waals surface area contributed by atoms with Gasteiger partial charge in [0, 0.05) is 24.7 Å². The fourth-order valence-corrected chi connectivity index (χ4v) is 3.01. The van der Waals surface area contributed by atoms with Crippen LogP contribution in [0.25, 0.3) is 0 Å². The molecule has 1 saturated carbocycles. The molecule has 2 aromatic carbocycles. The molecule has 10 heteroatoms. The smallest absolute Gasteiger partial charge is 0.387 e. The van der Waals surface area contributed by atoms with Crippen molar-refractivity contribution in [3.63, 3.8) is 0 Å². The molecule has 0 bridgehead atoms. The first-order valence-corrected chi connectivity index (χ1v) is 9.74. The van der Waals surface area contributed by atoms with Crippen molar-refractivity contribution in [1.29, 1.82) is 0 Å². The van der Waals surface area contributed by atoms with E-state index in [-0.39, 0.29) is 48.9 Å². The number of nitro benzene ring substituents is 1. The van der Waals surface area contributed by atoms with Crippen molar-refractivity contribution in [2.45, 2.75) is 39.0 Å². The molecule has 8 nitrogen and oxygen atoms in total. The van der Waals surface area contributed by atoms with E-state index < -0.39 is 11.5 Å². The molecule has 0 spiro atoms. The number of ether oxygens (including phenoxy) is 3. The largest absolute Gasteiger partial charge is 0.490 e. The monoisotopic (exact) mass is 436 g/mol. The topological polar surface area (TPSA) is 91.1 Å². The molecule has 0 aliphatic heterocycles. The number of carbonyl (C=O) groups excluding carboxylic acids is 1. The van der Waals surface area contributed by atoms with Gasteiger partial charge in [-0.3, -0.25) is 14.9 Å². The summed E-state index contributed by atoms with van der Waals surface area (Å²) < 4.78 is 40.5. The highest BCUT2D eigenvalue weighted by Gasteiger charge is 2.33. The zero-order valence-electron chi connectivity index (χ0n) is 16.8. The van der Waals surface area contributed by atoms with Crippen LogP contribution in [0.5, 0.6) is 17.2 Å². The number of rotatable bonds is 11. The van der Waals surface area contributed by atoms with E-state index >= 15 is 0 Å². The highest BCUT2D eigenvalue weighted by atomic mass is 19.3. The second-order valence-corrected chi connectivity index (χ2v) is 6.89. The number of benzene rings is 2. The predicted octanol–water partition coefficient (Wildman–Crippen LogP) is 4.16. The Hall–Kier alpha value is -3.43. The number of nitro groups is 1. The van der Waals surface area contributed by atoms with Gasteiger partial charge in [-0.25, -0.2) is 0 Å². The van der Waals surface area contributed by atoms with E-state index in [0.29, 0.717) is 11.3 Å². The molecule has 1 amide bonds. The number of alkyl halides is 2. The van der Waals surface area contributed by atoms with Gasteiger partial charge in [0.2, 0.25) is 0 Å². The van der Waals surface area contributed by atoms with Gasteiger partial charge in [0.1, 0.15) is 5.75 Å². The van der Waals surface area contributed by atoms with Gasteiger partial charge in [0.15, 0.2) is 18.1 Å². The van der Waals surface area contributed by atoms with E-state index in [1.165, 1.54) is 30.3 Å². The molecule has 0 saturated heterocycles. The van der Waals surface area contributed by atoms with Crippen molar-refractivity contribution in [1.82, 2.24) is 4.90 Å². The average Bonchev–Trinajstić information content (AvgIpc) is 3.57. The average molecular weight is 436 g/mol. The van der Waals surface area contributed by atoms with Gasteiger partial charge in [0.25, 0.3) is 11.6 Å². The van der Waals surface area contributed by atoms with Gasteiger partial charge in [-0.2, -0.15) is 8.78 Å². The number of halogens is 2. The van der Waals surface area contributed by atoms with Crippen molar-refractivity contribution in [2.75, 3.05) is 13.2 Å². The third-order valence-corrected chi connectivity index (χ3v) is 4.59. The lowest BCUT2D eigenvalue weighted by Gasteiger charge is -2.23. The Morgan fingerprint density at radius 3 is 2.45 bits per heavy atom. The summed E-state index contributed by atoms with van der Waals surface area (Å²) in [6.07, 6.45) is 1.74. The molecule has 0 atom stereocenters. The maximum Gasteiger partial charge on any atom is 0.387 e. The van der Waals surface area contributed by atoms with Crippen molar-refractivity contribution in [3.05, 3.63) is 58.1 Å². The lowest BCUT2D eigenvalue weighted by molar-refractivity contribution is -0.384. The Morgan fingerprint density at radius 2 is 1.87 bits per heavy atom. The number of hydrogen-bond acceptors (Lipinski definition) is 6. The van der Waals surface area contributed by atoms with Crippen molar-refractivity contribution in [3.8, 4) is 17.2 Å². The second kappa shape index (κ2) is 10.1. The van der Waals surface area contributed by atoms with Crippen LogP contribution in [-0.4, -0.2) is 41.6 Å². The van der Waals surface area contributed by atoms with Crippen LogP contribution in [0.1, 0.15) is 25.3 Å². The molecule has 0 heterocycles. The molecule has 0 aromatic heterocycles. The predicted molar refractivity (Wildman–Crippen MR) is 106 cm³/mol. The van der Waals surface area contributed by atoms with E-state index in [2.05, 4.69) is 4.74 Å². The van der Waals surface area contributed by atoms with Crippen molar-refractivity contribution < 1.29 is 32.7 Å². The van der Waals surface area contributed by atoms with E-state index in [1.54, 1.807) is 24.0 Å². The Labute approximate surface area is 177 Å². The Kier molecular flexibility index (Phi) is 7.22. The van der Waals surface area contributed by atoms with Crippen molar-refractivity contribution in [2.24, 2.45) is 0 Å². The fraction of sp³-hybridized carbons (Fsp3) is 0.381. The first kappa shape index (κ1) is 22.3. The molecular weight excluding hydrogens is 414 g/mol. The number of nitrogens with zero attached hydrogens (tertiary/aromatic N) is 2. The highest BCUT2D eigenvalue weighted by molar-refractivity contribution is 5.78. The van der Waals surface area contributed by atoms with Gasteiger partial charge in [0.05, 0.1) is 11.5 Å².